The first-order valence-corrected chi connectivity index (χ1v) is 9.17. The standard InChI is InChI=1S/C20H17N5O4/c26-18(21-11-13-6-7-15-16(10-13)29-12-28-15)17-19(27)25-9-8-24(20(25)23-22-17)14-4-2-1-3-5-14/h1-7,10H,8-9,11-12H2,(H,21,26). The highest BCUT2D eigenvalue weighted by molar-refractivity contribution is 5.91. The van der Waals surface area contributed by atoms with Gasteiger partial charge in [0.2, 0.25) is 18.4 Å². The molecule has 1 amide bonds. The number of hydrogen-bond acceptors (Lipinski definition) is 7. The SMILES string of the molecule is O=C(NCc1ccc2c(c1)OCO2)c1nnc2n(c1=O)CCN2c1ccccc1. The van der Waals surface area contributed by atoms with Crippen molar-refractivity contribution in [3.8, 4) is 11.5 Å². The maximum Gasteiger partial charge on any atom is 0.286 e. The van der Waals surface area contributed by atoms with Gasteiger partial charge in [-0.05, 0) is 29.8 Å². The van der Waals surface area contributed by atoms with E-state index in [1.807, 2.05) is 41.3 Å². The van der Waals surface area contributed by atoms with E-state index >= 15 is 0 Å². The summed E-state index contributed by atoms with van der Waals surface area (Å²) in [4.78, 5) is 27.2. The van der Waals surface area contributed by atoms with Crippen LogP contribution < -0.4 is 25.2 Å². The normalized spacial score (nSPS) is 14.0. The molecule has 0 bridgehead atoms. The number of hydrogen-bond donors (Lipinski definition) is 1. The summed E-state index contributed by atoms with van der Waals surface area (Å²) in [6, 6.07) is 15.0. The lowest BCUT2D eigenvalue weighted by molar-refractivity contribution is 0.0942. The molecule has 3 heterocycles. The summed E-state index contributed by atoms with van der Waals surface area (Å²) < 4.78 is 12.1. The maximum absolute atomic E-state index is 12.8. The molecule has 0 aliphatic carbocycles. The van der Waals surface area contributed by atoms with Crippen LogP contribution in [-0.2, 0) is 13.1 Å². The molecule has 3 aromatic rings. The van der Waals surface area contributed by atoms with Gasteiger partial charge in [0.05, 0.1) is 0 Å². The van der Waals surface area contributed by atoms with Crippen LogP contribution in [0.3, 0.4) is 0 Å². The Morgan fingerprint density at radius 2 is 1.86 bits per heavy atom. The molecule has 9 nitrogen and oxygen atoms in total. The van der Waals surface area contributed by atoms with Gasteiger partial charge in [0, 0.05) is 25.3 Å². The van der Waals surface area contributed by atoms with Crippen LogP contribution in [0.15, 0.2) is 53.3 Å². The van der Waals surface area contributed by atoms with Gasteiger partial charge < -0.3 is 19.7 Å². The first kappa shape index (κ1) is 17.2. The first-order chi connectivity index (χ1) is 14.2. The van der Waals surface area contributed by atoms with Crippen LogP contribution in [0.2, 0.25) is 0 Å². The van der Waals surface area contributed by atoms with E-state index in [1.165, 1.54) is 4.57 Å². The van der Waals surface area contributed by atoms with Crippen molar-refractivity contribution in [3.63, 3.8) is 0 Å². The Balaban J connectivity index is 1.34. The molecule has 29 heavy (non-hydrogen) atoms. The Hall–Kier alpha value is -3.88. The molecule has 2 aliphatic rings. The number of amides is 1. The Morgan fingerprint density at radius 1 is 1.03 bits per heavy atom. The quantitative estimate of drug-likeness (QED) is 0.719. The fourth-order valence-electron chi connectivity index (χ4n) is 3.42. The van der Waals surface area contributed by atoms with Crippen LogP contribution in [0.1, 0.15) is 16.1 Å². The number of nitrogens with zero attached hydrogens (tertiary/aromatic N) is 4. The van der Waals surface area contributed by atoms with E-state index in [1.54, 1.807) is 12.1 Å². The molecule has 2 aliphatic heterocycles. The number of rotatable bonds is 4. The number of aromatic nitrogens is 3. The van der Waals surface area contributed by atoms with Crippen LogP contribution in [0, 0.1) is 0 Å². The van der Waals surface area contributed by atoms with Crippen molar-refractivity contribution in [2.75, 3.05) is 18.2 Å². The second-order valence-electron chi connectivity index (χ2n) is 6.66. The number of benzene rings is 2. The van der Waals surface area contributed by atoms with Gasteiger partial charge in [-0.15, -0.1) is 10.2 Å². The Kier molecular flexibility index (Phi) is 4.12. The molecule has 9 heteroatoms. The molecule has 1 N–H and O–H groups in total. The minimum absolute atomic E-state index is 0.187. The summed E-state index contributed by atoms with van der Waals surface area (Å²) in [5.74, 6) is 1.18. The monoisotopic (exact) mass is 391 g/mol. The maximum atomic E-state index is 12.8. The fourth-order valence-corrected chi connectivity index (χ4v) is 3.42. The molecule has 0 radical (unpaired) electrons. The van der Waals surface area contributed by atoms with E-state index in [2.05, 4.69) is 15.5 Å². The van der Waals surface area contributed by atoms with Crippen LogP contribution in [0.5, 0.6) is 11.5 Å². The molecule has 0 saturated carbocycles. The molecule has 146 valence electrons. The summed E-state index contributed by atoms with van der Waals surface area (Å²) in [5, 5.41) is 10.8. The van der Waals surface area contributed by atoms with Crippen molar-refractivity contribution >= 4 is 17.5 Å². The van der Waals surface area contributed by atoms with Gasteiger partial charge in [-0.3, -0.25) is 14.2 Å². The van der Waals surface area contributed by atoms with Gasteiger partial charge in [-0.2, -0.15) is 0 Å². The van der Waals surface area contributed by atoms with Crippen molar-refractivity contribution in [1.82, 2.24) is 20.1 Å². The van der Waals surface area contributed by atoms with Crippen LogP contribution in [0.25, 0.3) is 0 Å². The highest BCUT2D eigenvalue weighted by atomic mass is 16.7. The van der Waals surface area contributed by atoms with Gasteiger partial charge in [-0.1, -0.05) is 24.3 Å². The molecule has 1 aromatic heterocycles. The van der Waals surface area contributed by atoms with Crippen molar-refractivity contribution in [2.24, 2.45) is 0 Å². The molecule has 0 spiro atoms. The molecule has 0 fully saturated rings. The first-order valence-electron chi connectivity index (χ1n) is 9.17. The Morgan fingerprint density at radius 3 is 2.72 bits per heavy atom. The highest BCUT2D eigenvalue weighted by Gasteiger charge is 2.27. The summed E-state index contributed by atoms with van der Waals surface area (Å²) in [7, 11) is 0. The van der Waals surface area contributed by atoms with Crippen molar-refractivity contribution in [2.45, 2.75) is 13.1 Å². The highest BCUT2D eigenvalue weighted by Crippen LogP contribution is 2.32. The third kappa shape index (κ3) is 3.06. The van der Waals surface area contributed by atoms with E-state index in [-0.39, 0.29) is 19.0 Å². The van der Waals surface area contributed by atoms with Gasteiger partial charge in [0.25, 0.3) is 11.5 Å². The molecule has 0 saturated heterocycles. The number of anilines is 2. The molecule has 0 unspecified atom stereocenters. The summed E-state index contributed by atoms with van der Waals surface area (Å²) in [6.07, 6.45) is 0. The number of ether oxygens (including phenoxy) is 2. The molecule has 5 rings (SSSR count). The Labute approximate surface area is 165 Å². The number of fused-ring (bicyclic) bond motifs is 2. The smallest absolute Gasteiger partial charge is 0.286 e. The van der Waals surface area contributed by atoms with E-state index in [9.17, 15) is 9.59 Å². The van der Waals surface area contributed by atoms with Gasteiger partial charge in [-0.25, -0.2) is 0 Å². The van der Waals surface area contributed by atoms with Crippen LogP contribution >= 0.6 is 0 Å². The average molecular weight is 391 g/mol. The second kappa shape index (κ2) is 6.93. The lowest BCUT2D eigenvalue weighted by atomic mass is 10.2. The summed E-state index contributed by atoms with van der Waals surface area (Å²) in [5.41, 5.74) is 1.08. The van der Waals surface area contributed by atoms with E-state index in [0.717, 1.165) is 11.3 Å². The zero-order valence-corrected chi connectivity index (χ0v) is 15.4. The fraction of sp³-hybridized carbons (Fsp3) is 0.200. The zero-order chi connectivity index (χ0) is 19.8. The predicted molar refractivity (Wildman–Crippen MR) is 103 cm³/mol. The minimum atomic E-state index is -0.561. The zero-order valence-electron chi connectivity index (χ0n) is 15.4. The Bertz CT molecular complexity index is 1150. The number of carbonyl (C=O) groups is 1. The number of para-hydroxylation sites is 1. The van der Waals surface area contributed by atoms with Gasteiger partial charge in [0.15, 0.2) is 11.5 Å². The largest absolute Gasteiger partial charge is 0.454 e. The van der Waals surface area contributed by atoms with Crippen molar-refractivity contribution < 1.29 is 14.3 Å². The van der Waals surface area contributed by atoms with Crippen molar-refractivity contribution in [3.05, 3.63) is 70.1 Å². The van der Waals surface area contributed by atoms with Crippen molar-refractivity contribution in [1.29, 1.82) is 0 Å². The van der Waals surface area contributed by atoms with Gasteiger partial charge >= 0.3 is 0 Å². The van der Waals surface area contributed by atoms with Gasteiger partial charge in [0.1, 0.15) is 0 Å². The third-order valence-corrected chi connectivity index (χ3v) is 4.89. The molecular weight excluding hydrogens is 374 g/mol. The molecular formula is C20H17N5O4. The summed E-state index contributed by atoms with van der Waals surface area (Å²) in [6.45, 7) is 1.46. The van der Waals surface area contributed by atoms with Crippen LogP contribution in [-0.4, -0.2) is 34.0 Å². The lowest BCUT2D eigenvalue weighted by Crippen LogP contribution is -2.34. The minimum Gasteiger partial charge on any atom is -0.454 e. The van der Waals surface area contributed by atoms with E-state index in [0.29, 0.717) is 30.5 Å². The third-order valence-electron chi connectivity index (χ3n) is 4.89. The average Bonchev–Trinajstić information content (AvgIpc) is 3.40. The number of carbonyl (C=O) groups excluding carboxylic acids is 1. The van der Waals surface area contributed by atoms with E-state index < -0.39 is 11.5 Å². The topological polar surface area (TPSA) is 98.6 Å². The predicted octanol–water partition coefficient (Wildman–Crippen LogP) is 1.45. The molecule has 2 aromatic carbocycles. The number of nitrogens with one attached hydrogen (secondary N) is 1. The van der Waals surface area contributed by atoms with E-state index in [4.69, 9.17) is 9.47 Å². The summed E-state index contributed by atoms with van der Waals surface area (Å²) >= 11 is 0. The second-order valence-corrected chi connectivity index (χ2v) is 6.66. The lowest BCUT2D eigenvalue weighted by Gasteiger charge is -2.16. The molecule has 0 atom stereocenters. The van der Waals surface area contributed by atoms with Crippen LogP contribution in [0.4, 0.5) is 11.6 Å².